The molecule has 1 aliphatic carbocycles. The van der Waals surface area contributed by atoms with Crippen molar-refractivity contribution in [3.05, 3.63) is 12.2 Å². The molecule has 0 aromatic heterocycles. The maximum absolute atomic E-state index is 2.25. The fourth-order valence-electron chi connectivity index (χ4n) is 0.604. The van der Waals surface area contributed by atoms with Gasteiger partial charge in [0.15, 0.2) is 0 Å². The van der Waals surface area contributed by atoms with Gasteiger partial charge in [-0.2, -0.15) is 0 Å². The summed E-state index contributed by atoms with van der Waals surface area (Å²) < 4.78 is 0. The number of nitrogens with zero attached hydrogens (tertiary/aromatic N) is 1. The molecule has 0 fully saturated rings. The van der Waals surface area contributed by atoms with Crippen LogP contribution in [0.4, 0.5) is 0 Å². The maximum Gasteiger partial charge on any atom is -0.00532 e. The molecule has 0 saturated heterocycles. The Labute approximate surface area is 76.9 Å². The minimum atomic E-state index is 0. The van der Waals surface area contributed by atoms with E-state index >= 15 is 0 Å². The molecule has 11 heavy (non-hydrogen) atoms. The fourth-order valence-corrected chi connectivity index (χ4v) is 0.604. The zero-order chi connectivity index (χ0) is 7.98. The van der Waals surface area contributed by atoms with Crippen molar-refractivity contribution in [3.63, 3.8) is 0 Å². The molecule has 1 rings (SSSR count). The molecule has 0 amide bonds. The highest BCUT2D eigenvalue weighted by atomic mass is 35.5. The van der Waals surface area contributed by atoms with Gasteiger partial charge in [-0.05, 0) is 33.5 Å². The summed E-state index contributed by atoms with van der Waals surface area (Å²) in [5.41, 5.74) is 0. The zero-order valence-corrected chi connectivity index (χ0v) is 8.82. The van der Waals surface area contributed by atoms with Crippen LogP contribution < -0.4 is 0 Å². The summed E-state index contributed by atoms with van der Waals surface area (Å²) in [5.74, 6) is 0.898. The first-order valence-corrected chi connectivity index (χ1v) is 3.96. The van der Waals surface area contributed by atoms with E-state index in [4.69, 9.17) is 0 Å². The molecule has 0 aliphatic heterocycles. The predicted molar refractivity (Wildman–Crippen MR) is 54.4 cm³/mol. The first-order valence-electron chi connectivity index (χ1n) is 3.96. The van der Waals surface area contributed by atoms with Crippen molar-refractivity contribution in [3.8, 4) is 0 Å². The van der Waals surface area contributed by atoms with Crippen LogP contribution in [0.1, 0.15) is 19.8 Å². The standard InChI is InChI=1S/C6H10.C3H9N.ClH/c1-2-3-6-4-5-6;1-4(2)3;/h4-6H,2-3H2,1H3;1-3H3;1H. The van der Waals surface area contributed by atoms with Crippen LogP contribution >= 0.6 is 12.4 Å². The third kappa shape index (κ3) is 17.8. The fraction of sp³-hybridized carbons (Fsp3) is 0.778. The van der Waals surface area contributed by atoms with E-state index in [1.165, 1.54) is 12.8 Å². The Balaban J connectivity index is 0. The number of rotatable bonds is 2. The van der Waals surface area contributed by atoms with E-state index in [1.807, 2.05) is 26.0 Å². The first-order chi connectivity index (χ1) is 4.66. The van der Waals surface area contributed by atoms with Gasteiger partial charge in [-0.1, -0.05) is 25.5 Å². The van der Waals surface area contributed by atoms with Crippen LogP contribution in [-0.4, -0.2) is 26.0 Å². The lowest BCUT2D eigenvalue weighted by Gasteiger charge is -1.90. The van der Waals surface area contributed by atoms with Crippen molar-refractivity contribution in [1.29, 1.82) is 0 Å². The Hall–Kier alpha value is -0.0100. The number of allylic oxidation sites excluding steroid dienone is 2. The van der Waals surface area contributed by atoms with E-state index in [0.717, 1.165) is 5.92 Å². The lowest BCUT2D eigenvalue weighted by Crippen LogP contribution is -1.99. The second kappa shape index (κ2) is 8.09. The average Bonchev–Trinajstić information content (AvgIpc) is 2.48. The van der Waals surface area contributed by atoms with Crippen LogP contribution in [0, 0.1) is 5.92 Å². The van der Waals surface area contributed by atoms with Gasteiger partial charge in [0.05, 0.1) is 0 Å². The minimum absolute atomic E-state index is 0. The number of hydrogen-bond donors (Lipinski definition) is 0. The Morgan fingerprint density at radius 1 is 1.18 bits per heavy atom. The van der Waals surface area contributed by atoms with Crippen molar-refractivity contribution in [2.24, 2.45) is 5.92 Å². The lowest BCUT2D eigenvalue weighted by atomic mass is 10.2. The van der Waals surface area contributed by atoms with Crippen molar-refractivity contribution >= 4 is 12.4 Å². The summed E-state index contributed by atoms with van der Waals surface area (Å²) in [6.45, 7) is 2.22. The van der Waals surface area contributed by atoms with Crippen LogP contribution in [0.3, 0.4) is 0 Å². The van der Waals surface area contributed by atoms with E-state index < -0.39 is 0 Å². The van der Waals surface area contributed by atoms with Gasteiger partial charge in [0.1, 0.15) is 0 Å². The third-order valence-corrected chi connectivity index (χ3v) is 1.09. The molecule has 0 saturated carbocycles. The normalized spacial score (nSPS) is 13.5. The molecule has 0 unspecified atom stereocenters. The van der Waals surface area contributed by atoms with Gasteiger partial charge in [0, 0.05) is 0 Å². The summed E-state index contributed by atoms with van der Waals surface area (Å²) in [7, 11) is 6.00. The second-order valence-electron chi connectivity index (χ2n) is 3.18. The highest BCUT2D eigenvalue weighted by Crippen LogP contribution is 2.20. The maximum atomic E-state index is 2.25. The van der Waals surface area contributed by atoms with Gasteiger partial charge in [-0.25, -0.2) is 0 Å². The van der Waals surface area contributed by atoms with Gasteiger partial charge in [0.2, 0.25) is 0 Å². The minimum Gasteiger partial charge on any atom is -0.312 e. The van der Waals surface area contributed by atoms with Crippen LogP contribution in [0.25, 0.3) is 0 Å². The van der Waals surface area contributed by atoms with E-state index in [9.17, 15) is 0 Å². The molecule has 1 nitrogen and oxygen atoms in total. The average molecular weight is 178 g/mol. The summed E-state index contributed by atoms with van der Waals surface area (Å²) in [4.78, 5) is 2.00. The monoisotopic (exact) mass is 177 g/mol. The van der Waals surface area contributed by atoms with Crippen LogP contribution in [-0.2, 0) is 0 Å². The summed E-state index contributed by atoms with van der Waals surface area (Å²) >= 11 is 0. The molecule has 1 aliphatic rings. The van der Waals surface area contributed by atoms with Crippen LogP contribution in [0.15, 0.2) is 12.2 Å². The lowest BCUT2D eigenvalue weighted by molar-refractivity contribution is 0.505. The first kappa shape index (κ1) is 13.6. The molecule has 0 aromatic rings. The molecule has 0 bridgehead atoms. The Morgan fingerprint density at radius 2 is 1.55 bits per heavy atom. The summed E-state index contributed by atoms with van der Waals surface area (Å²) in [6.07, 6.45) is 7.21. The van der Waals surface area contributed by atoms with E-state index in [2.05, 4.69) is 19.1 Å². The van der Waals surface area contributed by atoms with Gasteiger partial charge in [-0.3, -0.25) is 0 Å². The molecule has 0 aromatic carbocycles. The van der Waals surface area contributed by atoms with Gasteiger partial charge < -0.3 is 4.90 Å². The predicted octanol–water partition coefficient (Wildman–Crippen LogP) is 2.57. The zero-order valence-electron chi connectivity index (χ0n) is 8.00. The van der Waals surface area contributed by atoms with E-state index in [-0.39, 0.29) is 12.4 Å². The molecule has 0 atom stereocenters. The Bertz CT molecular complexity index is 91.0. The molecule has 0 N–H and O–H groups in total. The van der Waals surface area contributed by atoms with Gasteiger partial charge in [0.25, 0.3) is 0 Å². The summed E-state index contributed by atoms with van der Waals surface area (Å²) in [5, 5.41) is 0. The molecule has 0 radical (unpaired) electrons. The molecule has 2 heteroatoms. The smallest absolute Gasteiger partial charge is 0.00532 e. The van der Waals surface area contributed by atoms with Crippen LogP contribution in [0.2, 0.25) is 0 Å². The Kier molecular flexibility index (Phi) is 9.98. The summed E-state index contributed by atoms with van der Waals surface area (Å²) in [6, 6.07) is 0. The SMILES string of the molecule is CCCC1C=C1.CN(C)C.Cl. The van der Waals surface area contributed by atoms with E-state index in [0.29, 0.717) is 0 Å². The largest absolute Gasteiger partial charge is 0.312 e. The molecule has 68 valence electrons. The van der Waals surface area contributed by atoms with Crippen molar-refractivity contribution in [2.75, 3.05) is 21.1 Å². The second-order valence-corrected chi connectivity index (χ2v) is 3.18. The highest BCUT2D eigenvalue weighted by molar-refractivity contribution is 5.85. The molecule has 0 heterocycles. The molecule has 0 spiro atoms. The van der Waals surface area contributed by atoms with Crippen molar-refractivity contribution < 1.29 is 0 Å². The third-order valence-electron chi connectivity index (χ3n) is 1.09. The number of hydrogen-bond acceptors (Lipinski definition) is 1. The topological polar surface area (TPSA) is 3.24 Å². The highest BCUT2D eigenvalue weighted by Gasteiger charge is 2.06. The quantitative estimate of drug-likeness (QED) is 0.587. The Morgan fingerprint density at radius 3 is 1.64 bits per heavy atom. The van der Waals surface area contributed by atoms with E-state index in [1.54, 1.807) is 0 Å². The van der Waals surface area contributed by atoms with Crippen LogP contribution in [0.5, 0.6) is 0 Å². The van der Waals surface area contributed by atoms with Gasteiger partial charge >= 0.3 is 0 Å². The molecular weight excluding hydrogens is 158 g/mol. The van der Waals surface area contributed by atoms with Gasteiger partial charge in [-0.15, -0.1) is 12.4 Å². The molecular formula is C9H20ClN. The van der Waals surface area contributed by atoms with Crippen molar-refractivity contribution in [1.82, 2.24) is 4.90 Å². The van der Waals surface area contributed by atoms with Crippen molar-refractivity contribution in [2.45, 2.75) is 19.8 Å². The number of halogens is 1.